The minimum atomic E-state index is -0.592. The second-order valence-electron chi connectivity index (χ2n) is 22.6. The number of allylic oxidation sites excluding steroid dienone is 1. The van der Waals surface area contributed by atoms with E-state index in [-0.39, 0.29) is 105 Å². The van der Waals surface area contributed by atoms with Crippen LogP contribution in [0, 0.1) is 29.1 Å². The summed E-state index contributed by atoms with van der Waals surface area (Å²) in [6.07, 6.45) is 6.02. The van der Waals surface area contributed by atoms with E-state index < -0.39 is 69.8 Å². The number of benzene rings is 5. The zero-order chi connectivity index (χ0) is 73.2. The first kappa shape index (κ1) is 86.7. The third-order valence-corrected chi connectivity index (χ3v) is 14.7. The summed E-state index contributed by atoms with van der Waals surface area (Å²) >= 11 is 42.4. The van der Waals surface area contributed by atoms with Gasteiger partial charge in [-0.15, -0.1) is 23.2 Å². The lowest BCUT2D eigenvalue weighted by atomic mass is 10.0. The number of hydrazone groups is 1. The van der Waals surface area contributed by atoms with Gasteiger partial charge in [0.2, 0.25) is 11.1 Å². The monoisotopic (exact) mass is 1510 g/mol. The van der Waals surface area contributed by atoms with Crippen LogP contribution in [-0.4, -0.2) is 105 Å². The molecule has 0 aromatic heterocycles. The highest BCUT2D eigenvalue weighted by atomic mass is 35.5. The zero-order valence-corrected chi connectivity index (χ0v) is 60.0. The minimum absolute atomic E-state index is 0.0434. The van der Waals surface area contributed by atoms with Crippen molar-refractivity contribution in [3.63, 3.8) is 0 Å². The number of halogens is 13. The topological polar surface area (TPSA) is 231 Å². The van der Waals surface area contributed by atoms with E-state index in [1.807, 2.05) is 0 Å². The van der Waals surface area contributed by atoms with Crippen molar-refractivity contribution in [1.29, 1.82) is 0 Å². The molecule has 530 valence electrons. The summed E-state index contributed by atoms with van der Waals surface area (Å²) < 4.78 is 77.7. The average Bonchev–Trinajstić information content (AvgIpc) is 1.82. The number of ether oxygens (including phenoxy) is 2. The van der Waals surface area contributed by atoms with Crippen molar-refractivity contribution in [1.82, 2.24) is 31.6 Å². The standard InChI is InChI=1S/2C17H22ClFN2O3.C12H12ClFN2O.C10H9ClFNO.C7H7ClFN.C3H3ClO.CH2Cl2/c2*1-17(2,3)24-16(23)21-10-9-13(20-21)14(22)8-7-11-5-4-6-12(18)15(11)19;13-9-3-1-2-8(12(9)14)4-5-11(17)10-6-7-15-16-10;1-2-9(14)13-6-7-4-3-5-8(11)10(7)12;8-6-3-1-2-5(4-10)7(6)9;1-2-3(4)5;2-1-3/h2*4-6,13,20H,7-10H2,1-3H3;1-3,7,10,16H,4-6H2;2-5H,1,6H2,(H,13,14);1-3H,4,10H2;2H,1H2;1H2/t2*13-;;;;;/m10...../s1. The number of rotatable bonds is 17. The van der Waals surface area contributed by atoms with Crippen LogP contribution in [0.15, 0.2) is 121 Å². The molecular formula is C67H77Cl8F5N8O9. The Morgan fingerprint density at radius 3 is 1.15 bits per heavy atom. The number of hydrogen-bond donors (Lipinski definition) is 5. The highest BCUT2D eigenvalue weighted by molar-refractivity contribution is 6.66. The van der Waals surface area contributed by atoms with E-state index in [1.54, 1.807) is 108 Å². The number of ketones is 3. The van der Waals surface area contributed by atoms with Gasteiger partial charge in [0.25, 0.3) is 0 Å². The molecule has 1 unspecified atom stereocenters. The van der Waals surface area contributed by atoms with Crippen molar-refractivity contribution in [3.05, 3.63) is 198 Å². The molecule has 30 heteroatoms. The first-order valence-corrected chi connectivity index (χ1v) is 33.0. The van der Waals surface area contributed by atoms with Crippen LogP contribution >= 0.6 is 92.8 Å². The Kier molecular flexibility index (Phi) is 39.8. The lowest BCUT2D eigenvalue weighted by molar-refractivity contribution is -0.122. The van der Waals surface area contributed by atoms with Crippen molar-refractivity contribution in [2.24, 2.45) is 10.8 Å². The summed E-state index contributed by atoms with van der Waals surface area (Å²) in [5.74, 6) is -2.75. The summed E-state index contributed by atoms with van der Waals surface area (Å²) in [6, 6.07) is 22.6. The van der Waals surface area contributed by atoms with Gasteiger partial charge in [0, 0.05) is 69.2 Å². The Balaban J connectivity index is 0.000000411. The number of amides is 3. The van der Waals surface area contributed by atoms with E-state index in [0.29, 0.717) is 66.6 Å². The molecule has 3 atom stereocenters. The highest BCUT2D eigenvalue weighted by Gasteiger charge is 2.34. The Morgan fingerprint density at radius 2 is 0.866 bits per heavy atom. The summed E-state index contributed by atoms with van der Waals surface area (Å²) in [5, 5.41) is 8.93. The molecule has 2 fully saturated rings. The molecular weight excluding hydrogens is 1440 g/mol. The number of alkyl halides is 2. The maximum absolute atomic E-state index is 13.8. The van der Waals surface area contributed by atoms with Crippen LogP contribution in [0.3, 0.4) is 0 Å². The van der Waals surface area contributed by atoms with E-state index >= 15 is 0 Å². The molecule has 3 aliphatic heterocycles. The van der Waals surface area contributed by atoms with Crippen LogP contribution in [0.25, 0.3) is 0 Å². The Hall–Kier alpha value is -6.41. The van der Waals surface area contributed by atoms with Crippen LogP contribution < -0.4 is 27.3 Å². The van der Waals surface area contributed by atoms with Crippen molar-refractivity contribution in [2.75, 3.05) is 18.4 Å². The maximum Gasteiger partial charge on any atom is 0.424 e. The minimum Gasteiger partial charge on any atom is -0.443 e. The lowest BCUT2D eigenvalue weighted by Gasteiger charge is -2.24. The number of carbonyl (C=O) groups is 7. The molecule has 97 heavy (non-hydrogen) atoms. The molecule has 0 aliphatic carbocycles. The molecule has 8 rings (SSSR count). The van der Waals surface area contributed by atoms with Crippen molar-refractivity contribution in [2.45, 2.75) is 142 Å². The number of nitrogens with zero attached hydrogens (tertiary/aromatic N) is 3. The third kappa shape index (κ3) is 32.9. The fourth-order valence-corrected chi connectivity index (χ4v) is 9.23. The highest BCUT2D eigenvalue weighted by Crippen LogP contribution is 2.25. The van der Waals surface area contributed by atoms with Gasteiger partial charge in [0.15, 0.2) is 17.3 Å². The molecule has 3 heterocycles. The Morgan fingerprint density at radius 1 is 0.557 bits per heavy atom. The summed E-state index contributed by atoms with van der Waals surface area (Å²) in [4.78, 5) is 80.4. The van der Waals surface area contributed by atoms with Crippen LogP contribution in [0.1, 0.15) is 108 Å². The van der Waals surface area contributed by atoms with E-state index in [1.165, 1.54) is 40.3 Å². The normalized spacial score (nSPS) is 14.9. The van der Waals surface area contributed by atoms with Crippen molar-refractivity contribution >= 4 is 140 Å². The van der Waals surface area contributed by atoms with Gasteiger partial charge in [0.05, 0.1) is 42.5 Å². The molecule has 3 aliphatic rings. The number of nitrogens with one attached hydrogen (secondary N) is 4. The van der Waals surface area contributed by atoms with E-state index in [2.05, 4.69) is 39.9 Å². The zero-order valence-electron chi connectivity index (χ0n) is 53.9. The number of hydrogen-bond acceptors (Lipinski definition) is 14. The van der Waals surface area contributed by atoms with Gasteiger partial charge in [-0.05, 0) is 144 Å². The molecule has 0 bridgehead atoms. The van der Waals surface area contributed by atoms with Gasteiger partial charge in [-0.2, -0.15) is 5.10 Å². The summed E-state index contributed by atoms with van der Waals surface area (Å²) in [7, 11) is 0. The summed E-state index contributed by atoms with van der Waals surface area (Å²) in [5.41, 5.74) is 14.6. The molecule has 0 spiro atoms. The van der Waals surface area contributed by atoms with Gasteiger partial charge >= 0.3 is 12.2 Å². The van der Waals surface area contributed by atoms with Gasteiger partial charge in [-0.25, -0.2) is 52.4 Å². The first-order valence-electron chi connectivity index (χ1n) is 29.7. The predicted octanol–water partition coefficient (Wildman–Crippen LogP) is 15.9. The van der Waals surface area contributed by atoms with Gasteiger partial charge in [-0.1, -0.05) is 132 Å². The molecule has 3 amide bonds. The molecule has 0 saturated carbocycles. The average molecular weight is 1520 g/mol. The van der Waals surface area contributed by atoms with E-state index in [9.17, 15) is 55.5 Å². The van der Waals surface area contributed by atoms with Gasteiger partial charge < -0.3 is 20.5 Å². The van der Waals surface area contributed by atoms with E-state index in [0.717, 1.165) is 12.2 Å². The number of aryl methyl sites for hydroxylation is 3. The SMILES string of the molecule is C=CC(=O)Cl.C=CC(=O)NCc1cccc(Cl)c1F.CC(C)(C)OC(=O)N1CC[C@@H](C(=O)CCc2cccc(Cl)c2F)N1.CC(C)(C)OC(=O)N1CC[C@H](C(=O)CCc2cccc(Cl)c2F)N1.ClCCl.NCc1cccc(Cl)c1F.O=C(CCc1cccc(Cl)c1F)C1CC=NN1. The number of Topliss-reactive ketones (excluding diaryl/α,β-unsaturated/α-hetero) is 3. The first-order chi connectivity index (χ1) is 45.6. The predicted molar refractivity (Wildman–Crippen MR) is 374 cm³/mol. The number of hydrazine groups is 2. The second-order valence-corrected chi connectivity index (χ2v) is 25.8. The lowest BCUT2D eigenvalue weighted by Crippen LogP contribution is -2.45. The quantitative estimate of drug-likeness (QED) is 0.0253. The molecule has 5 aromatic rings. The van der Waals surface area contributed by atoms with Crippen molar-refractivity contribution < 1.29 is 65.0 Å². The number of nitrogens with two attached hydrogens (primary N) is 1. The Labute approximate surface area is 601 Å². The Bertz CT molecular complexity index is 3380. The van der Waals surface area contributed by atoms with Gasteiger partial charge in [-0.3, -0.25) is 29.4 Å². The molecule has 17 nitrogen and oxygen atoms in total. The third-order valence-electron chi connectivity index (χ3n) is 13.1. The molecule has 2 saturated heterocycles. The van der Waals surface area contributed by atoms with Crippen LogP contribution in [-0.2, 0) is 65.8 Å². The second kappa shape index (κ2) is 44.6. The van der Waals surface area contributed by atoms with Crippen LogP contribution in [0.5, 0.6) is 0 Å². The fourth-order valence-electron chi connectivity index (χ4n) is 8.26. The fraction of sp³-hybridized carbons (Fsp3) is 0.373. The molecule has 0 radical (unpaired) electrons. The van der Waals surface area contributed by atoms with Gasteiger partial charge in [0.1, 0.15) is 46.3 Å². The molecule has 6 N–H and O–H groups in total. The molecule has 5 aromatic carbocycles. The van der Waals surface area contributed by atoms with Crippen LogP contribution in [0.4, 0.5) is 31.5 Å². The maximum atomic E-state index is 13.8. The van der Waals surface area contributed by atoms with E-state index in [4.69, 9.17) is 108 Å². The largest absolute Gasteiger partial charge is 0.443 e. The number of carbonyl (C=O) groups excluding carboxylic acids is 7. The summed E-state index contributed by atoms with van der Waals surface area (Å²) in [6.45, 7) is 18.1. The smallest absolute Gasteiger partial charge is 0.424 e. The van der Waals surface area contributed by atoms with Crippen molar-refractivity contribution in [3.8, 4) is 0 Å². The van der Waals surface area contributed by atoms with Crippen LogP contribution in [0.2, 0.25) is 25.1 Å².